The lowest BCUT2D eigenvalue weighted by molar-refractivity contribution is 0.114. The molecule has 1 amide bonds. The van der Waals surface area contributed by atoms with Crippen LogP contribution in [0.15, 0.2) is 18.2 Å². The number of carbonyl (C=O) groups is 1. The molecule has 0 atom stereocenters. The van der Waals surface area contributed by atoms with Crippen LogP contribution in [-0.2, 0) is 4.84 Å². The standard InChI is InChI=1S/C13H16N4O2/c14-9-10-5-4-6-11(12(10)15)16-19-13(18)17-7-2-1-3-8-17/h4-6,16H,1-3,7-8,15H2. The molecule has 100 valence electrons. The minimum absolute atomic E-state index is 0.274. The number of rotatable bonds is 2. The maximum absolute atomic E-state index is 11.8. The van der Waals surface area contributed by atoms with Crippen LogP contribution in [0.4, 0.5) is 16.2 Å². The number of benzene rings is 1. The summed E-state index contributed by atoms with van der Waals surface area (Å²) in [4.78, 5) is 18.4. The van der Waals surface area contributed by atoms with Crippen molar-refractivity contribution in [2.45, 2.75) is 19.3 Å². The molecule has 0 bridgehead atoms. The molecule has 1 aromatic carbocycles. The Morgan fingerprint density at radius 3 is 2.79 bits per heavy atom. The minimum Gasteiger partial charge on any atom is -0.396 e. The fourth-order valence-corrected chi connectivity index (χ4v) is 1.99. The van der Waals surface area contributed by atoms with Crippen molar-refractivity contribution >= 4 is 17.5 Å². The monoisotopic (exact) mass is 260 g/mol. The number of hydrogen-bond donors (Lipinski definition) is 2. The highest BCUT2D eigenvalue weighted by atomic mass is 16.7. The molecule has 2 rings (SSSR count). The van der Waals surface area contributed by atoms with Gasteiger partial charge in [0.2, 0.25) is 0 Å². The van der Waals surface area contributed by atoms with Crippen molar-refractivity contribution in [2.75, 3.05) is 24.3 Å². The van der Waals surface area contributed by atoms with Gasteiger partial charge in [-0.3, -0.25) is 0 Å². The van der Waals surface area contributed by atoms with E-state index >= 15 is 0 Å². The number of carbonyl (C=O) groups excluding carboxylic acids is 1. The maximum Gasteiger partial charge on any atom is 0.434 e. The zero-order chi connectivity index (χ0) is 13.7. The predicted octanol–water partition coefficient (Wildman–Crippen LogP) is 2.09. The lowest BCUT2D eigenvalue weighted by Crippen LogP contribution is -2.37. The third-order valence-electron chi connectivity index (χ3n) is 3.09. The zero-order valence-corrected chi connectivity index (χ0v) is 10.6. The van der Waals surface area contributed by atoms with Crippen molar-refractivity contribution in [3.8, 4) is 6.07 Å². The predicted molar refractivity (Wildman–Crippen MR) is 71.1 cm³/mol. The molecule has 1 fully saturated rings. The van der Waals surface area contributed by atoms with Crippen molar-refractivity contribution in [2.24, 2.45) is 0 Å². The third kappa shape index (κ3) is 3.07. The molecule has 0 aromatic heterocycles. The summed E-state index contributed by atoms with van der Waals surface area (Å²) in [7, 11) is 0. The fraction of sp³-hybridized carbons (Fsp3) is 0.385. The Hall–Kier alpha value is -2.42. The molecule has 0 saturated carbocycles. The van der Waals surface area contributed by atoms with Crippen LogP contribution in [0.5, 0.6) is 0 Å². The molecule has 0 radical (unpaired) electrons. The molecular weight excluding hydrogens is 244 g/mol. The van der Waals surface area contributed by atoms with Crippen LogP contribution >= 0.6 is 0 Å². The van der Waals surface area contributed by atoms with E-state index in [4.69, 9.17) is 15.8 Å². The van der Waals surface area contributed by atoms with Crippen molar-refractivity contribution < 1.29 is 9.63 Å². The van der Waals surface area contributed by atoms with Crippen LogP contribution in [-0.4, -0.2) is 24.1 Å². The molecule has 1 aliphatic rings. The first-order valence-corrected chi connectivity index (χ1v) is 6.22. The number of anilines is 2. The van der Waals surface area contributed by atoms with Crippen molar-refractivity contribution in [3.63, 3.8) is 0 Å². The number of hydrogen-bond acceptors (Lipinski definition) is 5. The molecular formula is C13H16N4O2. The summed E-state index contributed by atoms with van der Waals surface area (Å²) in [5, 5.41) is 8.85. The second-order valence-electron chi connectivity index (χ2n) is 4.40. The molecule has 0 unspecified atom stereocenters. The van der Waals surface area contributed by atoms with E-state index in [0.29, 0.717) is 24.3 Å². The molecule has 0 spiro atoms. The second-order valence-corrected chi connectivity index (χ2v) is 4.40. The average Bonchev–Trinajstić information content (AvgIpc) is 2.47. The van der Waals surface area contributed by atoms with Crippen LogP contribution in [0.2, 0.25) is 0 Å². The van der Waals surface area contributed by atoms with Gasteiger partial charge in [-0.15, -0.1) is 0 Å². The van der Waals surface area contributed by atoms with Gasteiger partial charge >= 0.3 is 6.09 Å². The highest BCUT2D eigenvalue weighted by Crippen LogP contribution is 2.22. The number of amides is 1. The zero-order valence-electron chi connectivity index (χ0n) is 10.6. The molecule has 3 N–H and O–H groups in total. The van der Waals surface area contributed by atoms with Crippen LogP contribution in [0.25, 0.3) is 0 Å². The second kappa shape index (κ2) is 5.96. The van der Waals surface area contributed by atoms with E-state index in [1.165, 1.54) is 0 Å². The van der Waals surface area contributed by atoms with E-state index in [1.54, 1.807) is 23.1 Å². The Balaban J connectivity index is 1.95. The Kier molecular flexibility index (Phi) is 4.08. The highest BCUT2D eigenvalue weighted by Gasteiger charge is 2.18. The van der Waals surface area contributed by atoms with Gasteiger partial charge in [0, 0.05) is 13.1 Å². The summed E-state index contributed by atoms with van der Waals surface area (Å²) in [5.74, 6) is 0. The van der Waals surface area contributed by atoms with Crippen molar-refractivity contribution in [1.29, 1.82) is 5.26 Å². The number of likely N-dealkylation sites (tertiary alicyclic amines) is 1. The number of piperidine rings is 1. The first kappa shape index (κ1) is 13.0. The van der Waals surface area contributed by atoms with E-state index in [1.807, 2.05) is 6.07 Å². The van der Waals surface area contributed by atoms with E-state index in [9.17, 15) is 4.79 Å². The van der Waals surface area contributed by atoms with Crippen molar-refractivity contribution in [1.82, 2.24) is 4.90 Å². The third-order valence-corrected chi connectivity index (χ3v) is 3.09. The number of nitrogens with zero attached hydrogens (tertiary/aromatic N) is 2. The number of nitrogen functional groups attached to an aromatic ring is 1. The minimum atomic E-state index is -0.415. The van der Waals surface area contributed by atoms with Gasteiger partial charge in [-0.1, -0.05) is 6.07 Å². The first-order valence-electron chi connectivity index (χ1n) is 6.22. The Bertz CT molecular complexity index is 504. The number of para-hydroxylation sites is 1. The van der Waals surface area contributed by atoms with Gasteiger partial charge in [0.15, 0.2) is 0 Å². The largest absolute Gasteiger partial charge is 0.434 e. The smallest absolute Gasteiger partial charge is 0.396 e. The SMILES string of the molecule is N#Cc1cccc(NOC(=O)N2CCCCC2)c1N. The first-order chi connectivity index (χ1) is 9.22. The Morgan fingerprint density at radius 1 is 1.37 bits per heavy atom. The van der Waals surface area contributed by atoms with Gasteiger partial charge in [0.25, 0.3) is 0 Å². The average molecular weight is 260 g/mol. The lowest BCUT2D eigenvalue weighted by atomic mass is 10.1. The number of nitriles is 1. The van der Waals surface area contributed by atoms with E-state index in [-0.39, 0.29) is 5.69 Å². The summed E-state index contributed by atoms with van der Waals surface area (Å²) >= 11 is 0. The topological polar surface area (TPSA) is 91.4 Å². The summed E-state index contributed by atoms with van der Waals surface area (Å²) in [5.41, 5.74) is 9.33. The van der Waals surface area contributed by atoms with Crippen molar-refractivity contribution in [3.05, 3.63) is 23.8 Å². The summed E-state index contributed by atoms with van der Waals surface area (Å²) in [6.07, 6.45) is 2.73. The van der Waals surface area contributed by atoms with Crippen LogP contribution in [0.1, 0.15) is 24.8 Å². The molecule has 1 saturated heterocycles. The number of nitrogens with two attached hydrogens (primary N) is 1. The Morgan fingerprint density at radius 2 is 2.11 bits per heavy atom. The molecule has 6 nitrogen and oxygen atoms in total. The van der Waals surface area contributed by atoms with E-state index in [2.05, 4.69) is 5.48 Å². The van der Waals surface area contributed by atoms with Gasteiger partial charge in [-0.25, -0.2) is 10.3 Å². The molecule has 19 heavy (non-hydrogen) atoms. The summed E-state index contributed by atoms with van der Waals surface area (Å²) in [6, 6.07) is 6.90. The normalized spacial score (nSPS) is 14.6. The Labute approximate surface area is 111 Å². The van der Waals surface area contributed by atoms with E-state index < -0.39 is 6.09 Å². The molecule has 6 heteroatoms. The van der Waals surface area contributed by atoms with Gasteiger partial charge < -0.3 is 15.5 Å². The summed E-state index contributed by atoms with van der Waals surface area (Å²) < 4.78 is 0. The van der Waals surface area contributed by atoms with Gasteiger partial charge in [0.05, 0.1) is 16.9 Å². The van der Waals surface area contributed by atoms with E-state index in [0.717, 1.165) is 19.3 Å². The quantitative estimate of drug-likeness (QED) is 0.627. The highest BCUT2D eigenvalue weighted by molar-refractivity contribution is 5.74. The molecule has 0 aliphatic carbocycles. The molecule has 1 aliphatic heterocycles. The van der Waals surface area contributed by atoms with Crippen LogP contribution in [0, 0.1) is 11.3 Å². The molecule has 1 aromatic rings. The molecule has 1 heterocycles. The fourth-order valence-electron chi connectivity index (χ4n) is 1.99. The lowest BCUT2D eigenvalue weighted by Gasteiger charge is -2.25. The van der Waals surface area contributed by atoms with Crippen LogP contribution in [0.3, 0.4) is 0 Å². The van der Waals surface area contributed by atoms with Gasteiger partial charge in [-0.2, -0.15) is 5.26 Å². The van der Waals surface area contributed by atoms with Gasteiger partial charge in [0.1, 0.15) is 6.07 Å². The van der Waals surface area contributed by atoms with Crippen LogP contribution < -0.4 is 11.2 Å². The van der Waals surface area contributed by atoms with Gasteiger partial charge in [-0.05, 0) is 31.4 Å². The maximum atomic E-state index is 11.8. The number of nitrogens with one attached hydrogen (secondary N) is 1. The summed E-state index contributed by atoms with van der Waals surface area (Å²) in [6.45, 7) is 1.43.